The number of nitrogens with one attached hydrogen (secondary N) is 1. The van der Waals surface area contributed by atoms with E-state index in [1.165, 1.54) is 43.2 Å². The smallest absolute Gasteiger partial charge is 0.208 e. The molecule has 0 radical (unpaired) electrons. The highest BCUT2D eigenvalue weighted by Crippen LogP contribution is 2.39. The lowest BCUT2D eigenvalue weighted by molar-refractivity contribution is -0.112. The van der Waals surface area contributed by atoms with Gasteiger partial charge in [0.25, 0.3) is 0 Å². The summed E-state index contributed by atoms with van der Waals surface area (Å²) in [4.78, 5) is 13.8. The van der Waals surface area contributed by atoms with Crippen molar-refractivity contribution in [1.82, 2.24) is 10.2 Å². The van der Waals surface area contributed by atoms with E-state index >= 15 is 0 Å². The van der Waals surface area contributed by atoms with E-state index < -0.39 is 0 Å². The van der Waals surface area contributed by atoms with E-state index in [1.54, 1.807) is 6.07 Å². The number of aromatic hydroxyl groups is 1. The summed E-state index contributed by atoms with van der Waals surface area (Å²) in [7, 11) is 0. The van der Waals surface area contributed by atoms with Gasteiger partial charge in [0.15, 0.2) is 0 Å². The minimum Gasteiger partial charge on any atom is -0.508 e. The van der Waals surface area contributed by atoms with Gasteiger partial charge in [0, 0.05) is 19.0 Å². The average molecular weight is 379 g/mol. The Morgan fingerprint density at radius 1 is 1.07 bits per heavy atom. The first kappa shape index (κ1) is 19.0. The second kappa shape index (κ2) is 8.78. The SMILES string of the molecule is O=CN[C@H]1Cc2ccc(O)cc2CN1[C@H](CC1CCCCC1)c1ccccc1. The van der Waals surface area contributed by atoms with Crippen LogP contribution in [-0.4, -0.2) is 22.6 Å². The average Bonchev–Trinajstić information content (AvgIpc) is 2.73. The molecule has 1 fully saturated rings. The number of rotatable bonds is 6. The quantitative estimate of drug-likeness (QED) is 0.726. The monoisotopic (exact) mass is 378 g/mol. The summed E-state index contributed by atoms with van der Waals surface area (Å²) < 4.78 is 0. The number of hydrogen-bond donors (Lipinski definition) is 2. The Hall–Kier alpha value is -2.33. The summed E-state index contributed by atoms with van der Waals surface area (Å²) in [6.45, 7) is 0.738. The molecule has 1 amide bonds. The maximum absolute atomic E-state index is 11.4. The van der Waals surface area contributed by atoms with Crippen molar-refractivity contribution >= 4 is 6.41 Å². The largest absolute Gasteiger partial charge is 0.508 e. The van der Waals surface area contributed by atoms with Crippen LogP contribution in [0.1, 0.15) is 61.3 Å². The van der Waals surface area contributed by atoms with E-state index in [0.717, 1.165) is 37.3 Å². The predicted octanol–water partition coefficient (Wildman–Crippen LogP) is 4.53. The maximum atomic E-state index is 11.4. The molecule has 2 aromatic carbocycles. The molecule has 0 aromatic heterocycles. The highest BCUT2D eigenvalue weighted by molar-refractivity contribution is 5.47. The van der Waals surface area contributed by atoms with E-state index in [1.807, 2.05) is 12.1 Å². The summed E-state index contributed by atoms with van der Waals surface area (Å²) in [5, 5.41) is 13.0. The van der Waals surface area contributed by atoms with E-state index in [2.05, 4.69) is 40.5 Å². The van der Waals surface area contributed by atoms with Gasteiger partial charge >= 0.3 is 0 Å². The highest BCUT2D eigenvalue weighted by atomic mass is 16.3. The van der Waals surface area contributed by atoms with Crippen LogP contribution in [0.25, 0.3) is 0 Å². The molecule has 148 valence electrons. The van der Waals surface area contributed by atoms with Crippen LogP contribution < -0.4 is 5.32 Å². The van der Waals surface area contributed by atoms with Crippen LogP contribution in [0.5, 0.6) is 5.75 Å². The van der Waals surface area contributed by atoms with Crippen molar-refractivity contribution in [3.8, 4) is 5.75 Å². The molecule has 2 aromatic rings. The third-order valence-corrected chi connectivity index (χ3v) is 6.48. The minimum atomic E-state index is -0.0247. The predicted molar refractivity (Wildman–Crippen MR) is 111 cm³/mol. The number of benzene rings is 2. The van der Waals surface area contributed by atoms with Gasteiger partial charge < -0.3 is 10.4 Å². The molecule has 4 nitrogen and oxygen atoms in total. The van der Waals surface area contributed by atoms with E-state index in [0.29, 0.717) is 5.75 Å². The Balaban J connectivity index is 1.66. The normalized spacial score (nSPS) is 21.6. The van der Waals surface area contributed by atoms with Gasteiger partial charge in [-0.1, -0.05) is 68.5 Å². The number of hydrogen-bond acceptors (Lipinski definition) is 3. The first-order valence-electron chi connectivity index (χ1n) is 10.6. The fraction of sp³-hybridized carbons (Fsp3) is 0.458. The third kappa shape index (κ3) is 4.22. The van der Waals surface area contributed by atoms with Crippen LogP contribution >= 0.6 is 0 Å². The molecular weight excluding hydrogens is 348 g/mol. The summed E-state index contributed by atoms with van der Waals surface area (Å²) in [6.07, 6.45) is 9.32. The van der Waals surface area contributed by atoms with Crippen molar-refractivity contribution in [2.24, 2.45) is 5.92 Å². The van der Waals surface area contributed by atoms with Gasteiger partial charge in [0.05, 0.1) is 6.17 Å². The van der Waals surface area contributed by atoms with Gasteiger partial charge in [-0.05, 0) is 41.2 Å². The fourth-order valence-electron chi connectivity index (χ4n) is 5.03. The molecule has 1 saturated carbocycles. The zero-order valence-electron chi connectivity index (χ0n) is 16.4. The number of phenols is 1. The van der Waals surface area contributed by atoms with Crippen molar-refractivity contribution < 1.29 is 9.90 Å². The van der Waals surface area contributed by atoms with Gasteiger partial charge in [-0.25, -0.2) is 0 Å². The second-order valence-electron chi connectivity index (χ2n) is 8.30. The van der Waals surface area contributed by atoms with Crippen LogP contribution in [0.15, 0.2) is 48.5 Å². The Kier molecular flexibility index (Phi) is 5.96. The molecule has 0 spiro atoms. The lowest BCUT2D eigenvalue weighted by Crippen LogP contribution is -2.50. The second-order valence-corrected chi connectivity index (χ2v) is 8.30. The Bertz CT molecular complexity index is 786. The molecule has 2 atom stereocenters. The zero-order valence-corrected chi connectivity index (χ0v) is 16.4. The van der Waals surface area contributed by atoms with Gasteiger partial charge in [-0.15, -0.1) is 0 Å². The van der Waals surface area contributed by atoms with Gasteiger partial charge in [-0.3, -0.25) is 9.69 Å². The molecule has 1 aliphatic heterocycles. The molecule has 2 N–H and O–H groups in total. The van der Waals surface area contributed by atoms with Gasteiger partial charge in [-0.2, -0.15) is 0 Å². The molecule has 4 heteroatoms. The van der Waals surface area contributed by atoms with E-state index in [-0.39, 0.29) is 12.2 Å². The molecule has 0 bridgehead atoms. The van der Waals surface area contributed by atoms with Crippen LogP contribution in [0, 0.1) is 5.92 Å². The molecule has 4 rings (SSSR count). The minimum absolute atomic E-state index is 0.0247. The molecule has 28 heavy (non-hydrogen) atoms. The third-order valence-electron chi connectivity index (χ3n) is 6.48. The molecule has 0 saturated heterocycles. The van der Waals surface area contributed by atoms with Gasteiger partial charge in [0.2, 0.25) is 6.41 Å². The van der Waals surface area contributed by atoms with E-state index in [9.17, 15) is 9.90 Å². The Morgan fingerprint density at radius 2 is 1.86 bits per heavy atom. The molecule has 2 aliphatic rings. The zero-order chi connectivity index (χ0) is 19.3. The molecule has 1 heterocycles. The lowest BCUT2D eigenvalue weighted by Gasteiger charge is -2.43. The fourth-order valence-corrected chi connectivity index (χ4v) is 5.03. The number of amides is 1. The standard InChI is InChI=1S/C24H30N2O2/c27-17-25-24-15-20-11-12-22(28)14-21(20)16-26(24)23(19-9-5-2-6-10-19)13-18-7-3-1-4-8-18/h2,5-6,9-12,14,17-18,23-24,28H,1,3-4,7-8,13,15-16H2,(H,25,27)/t23-,24-/m1/s1. The molecule has 0 unspecified atom stereocenters. The van der Waals surface area contributed by atoms with Crippen molar-refractivity contribution in [3.63, 3.8) is 0 Å². The Morgan fingerprint density at radius 3 is 2.61 bits per heavy atom. The van der Waals surface area contributed by atoms with Crippen LogP contribution in [-0.2, 0) is 17.8 Å². The van der Waals surface area contributed by atoms with Crippen molar-refractivity contribution in [2.45, 2.75) is 63.7 Å². The topological polar surface area (TPSA) is 52.6 Å². The number of phenolic OH excluding ortho intramolecular Hbond substituents is 1. The van der Waals surface area contributed by atoms with Crippen LogP contribution in [0.3, 0.4) is 0 Å². The lowest BCUT2D eigenvalue weighted by atomic mass is 9.82. The summed E-state index contributed by atoms with van der Waals surface area (Å²) in [6, 6.07) is 16.6. The summed E-state index contributed by atoms with van der Waals surface area (Å²) in [5.74, 6) is 1.05. The summed E-state index contributed by atoms with van der Waals surface area (Å²) >= 11 is 0. The maximum Gasteiger partial charge on any atom is 0.208 e. The van der Waals surface area contributed by atoms with Crippen LogP contribution in [0.4, 0.5) is 0 Å². The molecule has 1 aliphatic carbocycles. The van der Waals surface area contributed by atoms with E-state index in [4.69, 9.17) is 0 Å². The highest BCUT2D eigenvalue weighted by Gasteiger charge is 2.33. The first-order chi connectivity index (χ1) is 13.7. The number of carbonyl (C=O) groups excluding carboxylic acids is 1. The molecular formula is C24H30N2O2. The number of nitrogens with zero attached hydrogens (tertiary/aromatic N) is 1. The Labute approximate surface area is 167 Å². The van der Waals surface area contributed by atoms with Crippen molar-refractivity contribution in [3.05, 3.63) is 65.2 Å². The summed E-state index contributed by atoms with van der Waals surface area (Å²) in [5.41, 5.74) is 3.68. The van der Waals surface area contributed by atoms with Crippen molar-refractivity contribution in [2.75, 3.05) is 0 Å². The number of fused-ring (bicyclic) bond motifs is 1. The number of carbonyl (C=O) groups is 1. The van der Waals surface area contributed by atoms with Crippen LogP contribution in [0.2, 0.25) is 0 Å². The first-order valence-corrected chi connectivity index (χ1v) is 10.6. The van der Waals surface area contributed by atoms with Gasteiger partial charge in [0.1, 0.15) is 5.75 Å². The van der Waals surface area contributed by atoms with Crippen molar-refractivity contribution in [1.29, 1.82) is 0 Å².